The summed E-state index contributed by atoms with van der Waals surface area (Å²) in [4.78, 5) is 0. The Hall–Kier alpha value is -0.300. The second kappa shape index (κ2) is 1.60. The zero-order chi connectivity index (χ0) is 6.43. The Balaban J connectivity index is 2.36. The van der Waals surface area contributed by atoms with E-state index in [1.807, 2.05) is 0 Å². The maximum Gasteiger partial charge on any atom is 0.0795 e. The van der Waals surface area contributed by atoms with Crippen LogP contribution in [0.4, 0.5) is 0 Å². The van der Waals surface area contributed by atoms with E-state index in [4.69, 9.17) is 4.74 Å². The largest absolute Gasteiger partial charge is 0.366 e. The minimum atomic E-state index is 0.495. The molecule has 0 aromatic rings. The van der Waals surface area contributed by atoms with E-state index < -0.39 is 0 Å². The molecule has 2 heterocycles. The van der Waals surface area contributed by atoms with Crippen molar-refractivity contribution in [2.45, 2.75) is 38.9 Å². The van der Waals surface area contributed by atoms with Crippen molar-refractivity contribution in [2.24, 2.45) is 0 Å². The number of hydrogen-bond donors (Lipinski definition) is 0. The molecule has 0 amide bonds. The fourth-order valence-electron chi connectivity index (χ4n) is 1.78. The van der Waals surface area contributed by atoms with Crippen molar-refractivity contribution in [1.82, 2.24) is 0 Å². The Morgan fingerprint density at radius 2 is 1.56 bits per heavy atom. The first-order valence-corrected chi connectivity index (χ1v) is 3.62. The second-order valence-electron chi connectivity index (χ2n) is 3.06. The highest BCUT2D eigenvalue weighted by Crippen LogP contribution is 2.38. The van der Waals surface area contributed by atoms with Gasteiger partial charge in [0.2, 0.25) is 0 Å². The summed E-state index contributed by atoms with van der Waals surface area (Å²) in [6, 6.07) is 0. The molecule has 0 radical (unpaired) electrons. The van der Waals surface area contributed by atoms with Crippen LogP contribution in [0.15, 0.2) is 11.1 Å². The van der Waals surface area contributed by atoms with Gasteiger partial charge < -0.3 is 4.74 Å². The maximum absolute atomic E-state index is 5.62. The van der Waals surface area contributed by atoms with Crippen LogP contribution in [-0.2, 0) is 4.74 Å². The lowest BCUT2D eigenvalue weighted by Crippen LogP contribution is -2.03. The van der Waals surface area contributed by atoms with E-state index in [1.54, 1.807) is 0 Å². The normalized spacial score (nSPS) is 40.7. The lowest BCUT2D eigenvalue weighted by molar-refractivity contribution is 0.112. The predicted molar refractivity (Wildman–Crippen MR) is 36.3 cm³/mol. The first-order valence-electron chi connectivity index (χ1n) is 3.62. The fourth-order valence-corrected chi connectivity index (χ4v) is 1.78. The molecular formula is C8H12O. The first kappa shape index (κ1) is 5.48. The molecule has 0 N–H and O–H groups in total. The van der Waals surface area contributed by atoms with Gasteiger partial charge in [-0.3, -0.25) is 0 Å². The Kier molecular flexibility index (Phi) is 0.974. The van der Waals surface area contributed by atoms with Crippen molar-refractivity contribution in [2.75, 3.05) is 0 Å². The van der Waals surface area contributed by atoms with Gasteiger partial charge in [-0.25, -0.2) is 0 Å². The van der Waals surface area contributed by atoms with Crippen LogP contribution in [-0.4, -0.2) is 12.2 Å². The predicted octanol–water partition coefficient (Wildman–Crippen LogP) is 1.88. The quantitative estimate of drug-likeness (QED) is 0.448. The molecule has 1 fully saturated rings. The van der Waals surface area contributed by atoms with Gasteiger partial charge in [-0.15, -0.1) is 0 Å². The van der Waals surface area contributed by atoms with E-state index in [0.717, 1.165) is 0 Å². The van der Waals surface area contributed by atoms with Crippen molar-refractivity contribution >= 4 is 0 Å². The van der Waals surface area contributed by atoms with E-state index >= 15 is 0 Å². The van der Waals surface area contributed by atoms with Gasteiger partial charge in [-0.2, -0.15) is 0 Å². The van der Waals surface area contributed by atoms with Crippen LogP contribution in [0.1, 0.15) is 26.7 Å². The molecule has 2 bridgehead atoms. The SMILES string of the molecule is CC1=C(C)C2CCC1O2. The zero-order valence-electron chi connectivity index (χ0n) is 5.98. The van der Waals surface area contributed by atoms with E-state index in [9.17, 15) is 0 Å². The van der Waals surface area contributed by atoms with Crippen LogP contribution in [0.2, 0.25) is 0 Å². The van der Waals surface area contributed by atoms with Gasteiger partial charge >= 0.3 is 0 Å². The minimum Gasteiger partial charge on any atom is -0.366 e. The van der Waals surface area contributed by atoms with Crippen LogP contribution in [0, 0.1) is 0 Å². The summed E-state index contributed by atoms with van der Waals surface area (Å²) in [5, 5.41) is 0. The smallest absolute Gasteiger partial charge is 0.0795 e. The van der Waals surface area contributed by atoms with Crippen molar-refractivity contribution in [3.63, 3.8) is 0 Å². The van der Waals surface area contributed by atoms with Crippen LogP contribution in [0.5, 0.6) is 0 Å². The molecule has 2 aliphatic heterocycles. The lowest BCUT2D eigenvalue weighted by Gasteiger charge is -2.07. The average Bonchev–Trinajstić information content (AvgIpc) is 2.37. The summed E-state index contributed by atoms with van der Waals surface area (Å²) in [6.07, 6.45) is 3.51. The average molecular weight is 124 g/mol. The summed E-state index contributed by atoms with van der Waals surface area (Å²) < 4.78 is 5.62. The summed E-state index contributed by atoms with van der Waals surface area (Å²) in [7, 11) is 0. The van der Waals surface area contributed by atoms with Gasteiger partial charge in [-0.05, 0) is 37.8 Å². The number of rotatable bonds is 0. The Labute approximate surface area is 55.7 Å². The van der Waals surface area contributed by atoms with E-state index in [2.05, 4.69) is 13.8 Å². The molecule has 0 aromatic carbocycles. The van der Waals surface area contributed by atoms with Crippen molar-refractivity contribution < 1.29 is 4.74 Å². The molecule has 0 spiro atoms. The van der Waals surface area contributed by atoms with Gasteiger partial charge in [0.1, 0.15) is 0 Å². The fraction of sp³-hybridized carbons (Fsp3) is 0.750. The van der Waals surface area contributed by atoms with E-state index in [0.29, 0.717) is 12.2 Å². The highest BCUT2D eigenvalue weighted by Gasteiger charge is 2.35. The molecule has 9 heavy (non-hydrogen) atoms. The van der Waals surface area contributed by atoms with Crippen LogP contribution < -0.4 is 0 Å². The molecule has 50 valence electrons. The Morgan fingerprint density at radius 3 is 1.78 bits per heavy atom. The van der Waals surface area contributed by atoms with Gasteiger partial charge in [-0.1, -0.05) is 0 Å². The third-order valence-corrected chi connectivity index (χ3v) is 2.61. The summed E-state index contributed by atoms with van der Waals surface area (Å²) in [5.74, 6) is 0. The Morgan fingerprint density at radius 1 is 1.11 bits per heavy atom. The van der Waals surface area contributed by atoms with E-state index in [-0.39, 0.29) is 0 Å². The van der Waals surface area contributed by atoms with Gasteiger partial charge in [0.15, 0.2) is 0 Å². The molecule has 0 aliphatic carbocycles. The molecule has 2 unspecified atom stereocenters. The molecule has 2 rings (SSSR count). The topological polar surface area (TPSA) is 9.23 Å². The molecule has 0 aromatic heterocycles. The van der Waals surface area contributed by atoms with Gasteiger partial charge in [0.05, 0.1) is 12.2 Å². The molecule has 2 aliphatic rings. The number of ether oxygens (including phenoxy) is 1. The minimum absolute atomic E-state index is 0.495. The van der Waals surface area contributed by atoms with Crippen LogP contribution in [0.3, 0.4) is 0 Å². The second-order valence-corrected chi connectivity index (χ2v) is 3.06. The maximum atomic E-state index is 5.62. The first-order chi connectivity index (χ1) is 4.29. The molecule has 2 atom stereocenters. The van der Waals surface area contributed by atoms with Crippen LogP contribution in [0.25, 0.3) is 0 Å². The number of hydrogen-bond acceptors (Lipinski definition) is 1. The van der Waals surface area contributed by atoms with Gasteiger partial charge in [0.25, 0.3) is 0 Å². The standard InChI is InChI=1S/C8H12O/c1-5-6(2)8-4-3-7(5)9-8/h7-8H,3-4H2,1-2H3. The van der Waals surface area contributed by atoms with Crippen molar-refractivity contribution in [1.29, 1.82) is 0 Å². The third-order valence-electron chi connectivity index (χ3n) is 2.61. The van der Waals surface area contributed by atoms with Gasteiger partial charge in [0, 0.05) is 0 Å². The number of fused-ring (bicyclic) bond motifs is 2. The highest BCUT2D eigenvalue weighted by molar-refractivity contribution is 5.26. The summed E-state index contributed by atoms with van der Waals surface area (Å²) in [5.41, 5.74) is 2.98. The molecule has 0 saturated carbocycles. The molecule has 1 heteroatoms. The monoisotopic (exact) mass is 124 g/mol. The van der Waals surface area contributed by atoms with Crippen LogP contribution >= 0.6 is 0 Å². The molecule has 1 nitrogen and oxygen atoms in total. The third kappa shape index (κ3) is 0.584. The molecule has 1 saturated heterocycles. The van der Waals surface area contributed by atoms with Crippen molar-refractivity contribution in [3.8, 4) is 0 Å². The van der Waals surface area contributed by atoms with Crippen molar-refractivity contribution in [3.05, 3.63) is 11.1 Å². The lowest BCUT2D eigenvalue weighted by atomic mass is 9.94. The summed E-state index contributed by atoms with van der Waals surface area (Å²) >= 11 is 0. The Bertz CT molecular complexity index is 151. The summed E-state index contributed by atoms with van der Waals surface area (Å²) in [6.45, 7) is 4.39. The zero-order valence-corrected chi connectivity index (χ0v) is 5.98. The molecular weight excluding hydrogens is 112 g/mol. The highest BCUT2D eigenvalue weighted by atomic mass is 16.5. The van der Waals surface area contributed by atoms with E-state index in [1.165, 1.54) is 24.0 Å².